The molecule has 0 N–H and O–H groups in total. The number of isocyanates is 4. The Labute approximate surface area is 158 Å². The van der Waals surface area contributed by atoms with E-state index in [4.69, 9.17) is 0 Å². The fourth-order valence-electron chi connectivity index (χ4n) is 5.46. The van der Waals surface area contributed by atoms with Crippen LogP contribution in [0.3, 0.4) is 0 Å². The molecule has 5 atom stereocenters. The van der Waals surface area contributed by atoms with Crippen molar-refractivity contribution in [2.24, 2.45) is 37.2 Å². The highest BCUT2D eigenvalue weighted by Crippen LogP contribution is 2.58. The van der Waals surface area contributed by atoms with Crippen LogP contribution >= 0.6 is 0 Å². The number of hydrogen-bond acceptors (Lipinski definition) is 8. The molecule has 0 heterocycles. The third kappa shape index (κ3) is 3.95. The van der Waals surface area contributed by atoms with Gasteiger partial charge in [-0.25, -0.2) is 34.2 Å². The summed E-state index contributed by atoms with van der Waals surface area (Å²) < 4.78 is 0. The Balaban J connectivity index is 2.58. The van der Waals surface area contributed by atoms with Gasteiger partial charge in [-0.2, -0.15) is 4.99 Å². The van der Waals surface area contributed by atoms with E-state index in [9.17, 15) is 19.2 Å². The molecule has 2 rings (SSSR count). The van der Waals surface area contributed by atoms with E-state index < -0.39 is 11.0 Å². The van der Waals surface area contributed by atoms with Gasteiger partial charge in [0, 0.05) is 5.41 Å². The lowest BCUT2D eigenvalue weighted by atomic mass is 9.49. The van der Waals surface area contributed by atoms with Gasteiger partial charge in [0.25, 0.3) is 0 Å². The first kappa shape index (κ1) is 20.8. The lowest BCUT2D eigenvalue weighted by Gasteiger charge is -2.57. The van der Waals surface area contributed by atoms with Crippen molar-refractivity contribution in [3.05, 3.63) is 0 Å². The van der Waals surface area contributed by atoms with Crippen LogP contribution in [-0.4, -0.2) is 49.0 Å². The Morgan fingerprint density at radius 3 is 2.33 bits per heavy atom. The van der Waals surface area contributed by atoms with Crippen LogP contribution in [0.5, 0.6) is 0 Å². The lowest BCUT2D eigenvalue weighted by molar-refractivity contribution is -0.0354. The zero-order valence-corrected chi connectivity index (χ0v) is 15.5. The Kier molecular flexibility index (Phi) is 7.29. The molecule has 2 saturated carbocycles. The van der Waals surface area contributed by atoms with E-state index in [1.807, 2.05) is 6.92 Å². The fraction of sp³-hybridized carbons (Fsp3) is 0.789. The molecule has 0 saturated heterocycles. The molecule has 27 heavy (non-hydrogen) atoms. The molecule has 2 aliphatic carbocycles. The van der Waals surface area contributed by atoms with Crippen molar-refractivity contribution < 1.29 is 19.2 Å². The zero-order valence-electron chi connectivity index (χ0n) is 15.5. The standard InChI is InChI=1S/C19H24N4O4/c1-15-8-17(22-13-26)5-7-19(15,23-14-27)18(10-21-12-25)6-3-2-4-16(18)9-20-11-24/h15-17H,2-10H2,1H3. The SMILES string of the molecule is CC1CC(N=C=O)CCC1(N=C=O)C1(CN=C=O)CCCCC1CN=C=O. The van der Waals surface area contributed by atoms with E-state index in [2.05, 4.69) is 20.0 Å². The first-order valence-corrected chi connectivity index (χ1v) is 9.33. The fourth-order valence-corrected chi connectivity index (χ4v) is 5.46. The van der Waals surface area contributed by atoms with Crippen molar-refractivity contribution in [1.29, 1.82) is 0 Å². The molecular weight excluding hydrogens is 348 g/mol. The van der Waals surface area contributed by atoms with Gasteiger partial charge in [-0.05, 0) is 43.9 Å². The van der Waals surface area contributed by atoms with Gasteiger partial charge >= 0.3 is 0 Å². The molecule has 0 amide bonds. The van der Waals surface area contributed by atoms with Crippen molar-refractivity contribution >= 4 is 24.3 Å². The minimum atomic E-state index is -0.798. The highest BCUT2D eigenvalue weighted by Gasteiger charge is 2.60. The third-order valence-electron chi connectivity index (χ3n) is 6.65. The molecule has 0 radical (unpaired) electrons. The van der Waals surface area contributed by atoms with Crippen molar-refractivity contribution in [2.45, 2.75) is 63.5 Å². The summed E-state index contributed by atoms with van der Waals surface area (Å²) in [5.41, 5.74) is -1.40. The van der Waals surface area contributed by atoms with Gasteiger partial charge in [0.05, 0.1) is 24.7 Å². The summed E-state index contributed by atoms with van der Waals surface area (Å²) in [5.74, 6) is -0.145. The van der Waals surface area contributed by atoms with E-state index in [0.717, 1.165) is 19.3 Å². The van der Waals surface area contributed by atoms with Gasteiger partial charge in [0.15, 0.2) is 0 Å². The first-order valence-electron chi connectivity index (χ1n) is 9.33. The molecule has 2 fully saturated rings. The smallest absolute Gasteiger partial charge is 0.211 e. The average molecular weight is 372 g/mol. The summed E-state index contributed by atoms with van der Waals surface area (Å²) in [7, 11) is 0. The molecule has 2 aliphatic rings. The Morgan fingerprint density at radius 2 is 1.70 bits per heavy atom. The maximum absolute atomic E-state index is 11.4. The normalized spacial score (nSPS) is 35.5. The third-order valence-corrected chi connectivity index (χ3v) is 6.65. The van der Waals surface area contributed by atoms with Gasteiger partial charge in [-0.3, -0.25) is 0 Å². The van der Waals surface area contributed by atoms with Crippen molar-refractivity contribution in [2.75, 3.05) is 13.1 Å². The van der Waals surface area contributed by atoms with Gasteiger partial charge in [-0.15, -0.1) is 0 Å². The van der Waals surface area contributed by atoms with Gasteiger partial charge in [0.2, 0.25) is 24.3 Å². The van der Waals surface area contributed by atoms with Crippen LogP contribution in [-0.2, 0) is 19.2 Å². The van der Waals surface area contributed by atoms with E-state index in [-0.39, 0.29) is 31.0 Å². The van der Waals surface area contributed by atoms with Crippen LogP contribution in [0.25, 0.3) is 0 Å². The molecule has 8 nitrogen and oxygen atoms in total. The molecule has 0 bridgehead atoms. The molecular formula is C19H24N4O4. The Morgan fingerprint density at radius 1 is 0.926 bits per heavy atom. The summed E-state index contributed by atoms with van der Waals surface area (Å²) in [4.78, 5) is 59.6. The van der Waals surface area contributed by atoms with Crippen LogP contribution in [0.2, 0.25) is 0 Å². The molecule has 0 aromatic rings. The van der Waals surface area contributed by atoms with Crippen molar-refractivity contribution in [1.82, 2.24) is 0 Å². The minimum Gasteiger partial charge on any atom is -0.211 e. The second-order valence-corrected chi connectivity index (χ2v) is 7.62. The lowest BCUT2D eigenvalue weighted by Crippen LogP contribution is -2.60. The quantitative estimate of drug-likeness (QED) is 0.504. The Hall–Kier alpha value is -2.48. The van der Waals surface area contributed by atoms with E-state index in [0.29, 0.717) is 25.7 Å². The molecule has 0 aromatic heterocycles. The van der Waals surface area contributed by atoms with Crippen molar-refractivity contribution in [3.63, 3.8) is 0 Å². The van der Waals surface area contributed by atoms with Crippen LogP contribution in [0.1, 0.15) is 51.9 Å². The summed E-state index contributed by atoms with van der Waals surface area (Å²) in [5, 5.41) is 0. The number of hydrogen-bond donors (Lipinski definition) is 0. The monoisotopic (exact) mass is 372 g/mol. The van der Waals surface area contributed by atoms with Gasteiger partial charge in [-0.1, -0.05) is 19.8 Å². The van der Waals surface area contributed by atoms with E-state index in [1.165, 1.54) is 0 Å². The number of aliphatic imine (C=N–C) groups is 4. The topological polar surface area (TPSA) is 118 Å². The van der Waals surface area contributed by atoms with Crippen molar-refractivity contribution in [3.8, 4) is 0 Å². The minimum absolute atomic E-state index is 0.0597. The highest BCUT2D eigenvalue weighted by atomic mass is 16.1. The maximum atomic E-state index is 11.4. The summed E-state index contributed by atoms with van der Waals surface area (Å²) >= 11 is 0. The summed E-state index contributed by atoms with van der Waals surface area (Å²) in [6.07, 6.45) is 11.7. The van der Waals surface area contributed by atoms with Gasteiger partial charge in [0.1, 0.15) is 0 Å². The first-order chi connectivity index (χ1) is 13.1. The molecule has 0 aromatic carbocycles. The predicted molar refractivity (Wildman–Crippen MR) is 96.1 cm³/mol. The van der Waals surface area contributed by atoms with Crippen LogP contribution in [0.15, 0.2) is 20.0 Å². The van der Waals surface area contributed by atoms with E-state index in [1.54, 1.807) is 24.3 Å². The number of rotatable bonds is 7. The molecule has 144 valence electrons. The summed E-state index contributed by atoms with van der Waals surface area (Å²) in [6, 6.07) is -0.158. The number of carbonyl (C=O) groups excluding carboxylic acids is 4. The zero-order chi connectivity index (χ0) is 19.8. The summed E-state index contributed by atoms with van der Waals surface area (Å²) in [6.45, 7) is 2.41. The van der Waals surface area contributed by atoms with E-state index >= 15 is 0 Å². The van der Waals surface area contributed by atoms with Crippen LogP contribution < -0.4 is 0 Å². The number of nitrogens with zero attached hydrogens (tertiary/aromatic N) is 4. The second kappa shape index (κ2) is 9.45. The largest absolute Gasteiger partial charge is 0.235 e. The average Bonchev–Trinajstić information content (AvgIpc) is 2.68. The maximum Gasteiger partial charge on any atom is 0.235 e. The Bertz CT molecular complexity index is 730. The molecule has 0 spiro atoms. The predicted octanol–water partition coefficient (Wildman–Crippen LogP) is 2.43. The van der Waals surface area contributed by atoms with Crippen LogP contribution in [0.4, 0.5) is 0 Å². The second-order valence-electron chi connectivity index (χ2n) is 7.62. The molecule has 5 unspecified atom stereocenters. The highest BCUT2D eigenvalue weighted by molar-refractivity contribution is 5.39. The molecule has 0 aliphatic heterocycles. The van der Waals surface area contributed by atoms with Gasteiger partial charge < -0.3 is 0 Å². The van der Waals surface area contributed by atoms with Crippen LogP contribution in [0, 0.1) is 17.3 Å². The molecule has 8 heteroatoms.